The Kier molecular flexibility index (Phi) is 7.66. The summed E-state index contributed by atoms with van der Waals surface area (Å²) in [4.78, 5) is 16.8. The number of amides is 1. The van der Waals surface area contributed by atoms with Crippen LogP contribution in [-0.4, -0.2) is 62.9 Å². The van der Waals surface area contributed by atoms with Gasteiger partial charge in [-0.2, -0.15) is 4.72 Å². The van der Waals surface area contributed by atoms with Crippen LogP contribution < -0.4 is 4.72 Å². The lowest BCUT2D eigenvalue weighted by molar-refractivity contribution is -0.134. The third-order valence-corrected chi connectivity index (χ3v) is 6.79. The highest BCUT2D eigenvalue weighted by molar-refractivity contribution is 7.89. The zero-order valence-corrected chi connectivity index (χ0v) is 18.4. The van der Waals surface area contributed by atoms with Gasteiger partial charge in [-0.3, -0.25) is 9.69 Å². The van der Waals surface area contributed by atoms with Crippen LogP contribution in [0.25, 0.3) is 6.08 Å². The number of rotatable bonds is 7. The molecule has 1 heterocycles. The minimum Gasteiger partial charge on any atom is -0.339 e. The third-order valence-electron chi connectivity index (χ3n) is 4.98. The van der Waals surface area contributed by atoms with Crippen LogP contribution in [0.5, 0.6) is 0 Å². The molecule has 0 aromatic heterocycles. The summed E-state index contributed by atoms with van der Waals surface area (Å²) in [6.07, 6.45) is 4.21. The van der Waals surface area contributed by atoms with Crippen molar-refractivity contribution in [3.8, 4) is 0 Å². The lowest BCUT2D eigenvalue weighted by Crippen LogP contribution is -2.54. The molecule has 0 bridgehead atoms. The lowest BCUT2D eigenvalue weighted by Gasteiger charge is -2.35. The zero-order valence-electron chi connectivity index (χ0n) is 16.9. The van der Waals surface area contributed by atoms with Gasteiger partial charge in [0.25, 0.3) is 0 Å². The standard InChI is InChI=1S/C22H26ClN3O3S/c1-18(24-30(28,29)21-11-9-20(23)10-12-21)22(27)26-16-14-25(15-17-26)13-5-8-19-6-3-2-4-7-19/h2-12,18,24H,13-17H2,1H3/b8-5+/t18-/m1/s1. The maximum atomic E-state index is 12.7. The van der Waals surface area contributed by atoms with Crippen LogP contribution in [0, 0.1) is 0 Å². The van der Waals surface area contributed by atoms with Gasteiger partial charge in [0.2, 0.25) is 15.9 Å². The smallest absolute Gasteiger partial charge is 0.241 e. The maximum absolute atomic E-state index is 12.7. The molecule has 1 N–H and O–H groups in total. The Morgan fingerprint density at radius 2 is 1.70 bits per heavy atom. The summed E-state index contributed by atoms with van der Waals surface area (Å²) in [5.74, 6) is -0.216. The maximum Gasteiger partial charge on any atom is 0.241 e. The molecule has 1 aliphatic heterocycles. The summed E-state index contributed by atoms with van der Waals surface area (Å²) in [6, 6.07) is 15.1. The van der Waals surface area contributed by atoms with E-state index < -0.39 is 16.1 Å². The number of halogens is 1. The van der Waals surface area contributed by atoms with E-state index in [1.165, 1.54) is 24.3 Å². The van der Waals surface area contributed by atoms with E-state index in [1.54, 1.807) is 11.8 Å². The van der Waals surface area contributed by atoms with Crippen LogP contribution in [0.4, 0.5) is 0 Å². The fourth-order valence-electron chi connectivity index (χ4n) is 3.29. The number of benzene rings is 2. The van der Waals surface area contributed by atoms with Gasteiger partial charge in [-0.1, -0.05) is 54.1 Å². The molecule has 30 heavy (non-hydrogen) atoms. The summed E-state index contributed by atoms with van der Waals surface area (Å²) in [5, 5.41) is 0.453. The quantitative estimate of drug-likeness (QED) is 0.708. The second kappa shape index (κ2) is 10.2. The average Bonchev–Trinajstić information content (AvgIpc) is 2.74. The van der Waals surface area contributed by atoms with Gasteiger partial charge in [0.05, 0.1) is 10.9 Å². The molecule has 8 heteroatoms. The first-order valence-corrected chi connectivity index (χ1v) is 11.7. The Balaban J connectivity index is 1.48. The van der Waals surface area contributed by atoms with Crippen LogP contribution >= 0.6 is 11.6 Å². The third kappa shape index (κ3) is 6.15. The van der Waals surface area contributed by atoms with Gasteiger partial charge in [0, 0.05) is 37.7 Å². The Morgan fingerprint density at radius 1 is 1.07 bits per heavy atom. The summed E-state index contributed by atoms with van der Waals surface area (Å²) in [5.41, 5.74) is 1.16. The van der Waals surface area contributed by atoms with E-state index in [0.29, 0.717) is 18.1 Å². The molecule has 1 fully saturated rings. The average molecular weight is 448 g/mol. The fraction of sp³-hybridized carbons (Fsp3) is 0.318. The number of carbonyl (C=O) groups excluding carboxylic acids is 1. The number of carbonyl (C=O) groups is 1. The Hall–Kier alpha value is -2.19. The van der Waals surface area contributed by atoms with Crippen molar-refractivity contribution in [2.45, 2.75) is 17.9 Å². The Bertz CT molecular complexity index is 970. The molecule has 2 aromatic carbocycles. The first-order valence-electron chi connectivity index (χ1n) is 9.86. The van der Waals surface area contributed by atoms with Crippen molar-refractivity contribution < 1.29 is 13.2 Å². The molecule has 0 unspecified atom stereocenters. The van der Waals surface area contributed by atoms with Gasteiger partial charge in [-0.05, 0) is 36.8 Å². The van der Waals surface area contributed by atoms with Crippen LogP contribution in [0.2, 0.25) is 5.02 Å². The van der Waals surface area contributed by atoms with Gasteiger partial charge < -0.3 is 4.90 Å². The second-order valence-corrected chi connectivity index (χ2v) is 9.39. The van der Waals surface area contributed by atoms with Crippen LogP contribution in [0.15, 0.2) is 65.6 Å². The molecule has 6 nitrogen and oxygen atoms in total. The van der Waals surface area contributed by atoms with Crippen molar-refractivity contribution in [2.24, 2.45) is 0 Å². The molecule has 1 aliphatic rings. The van der Waals surface area contributed by atoms with Gasteiger partial charge >= 0.3 is 0 Å². The Morgan fingerprint density at radius 3 is 2.33 bits per heavy atom. The van der Waals surface area contributed by atoms with Crippen molar-refractivity contribution in [2.75, 3.05) is 32.7 Å². The van der Waals surface area contributed by atoms with Gasteiger partial charge in [0.1, 0.15) is 0 Å². The minimum absolute atomic E-state index is 0.0848. The number of piperazine rings is 1. The van der Waals surface area contributed by atoms with Crippen molar-refractivity contribution in [1.29, 1.82) is 0 Å². The molecule has 0 radical (unpaired) electrons. The molecule has 1 amide bonds. The molecule has 0 saturated carbocycles. The van der Waals surface area contributed by atoms with Crippen molar-refractivity contribution in [1.82, 2.24) is 14.5 Å². The van der Waals surface area contributed by atoms with E-state index in [4.69, 9.17) is 11.6 Å². The number of nitrogens with one attached hydrogen (secondary N) is 1. The highest BCUT2D eigenvalue weighted by atomic mass is 35.5. The topological polar surface area (TPSA) is 69.7 Å². The fourth-order valence-corrected chi connectivity index (χ4v) is 4.61. The number of nitrogens with zero attached hydrogens (tertiary/aromatic N) is 2. The summed E-state index contributed by atoms with van der Waals surface area (Å²) in [7, 11) is -3.78. The van der Waals surface area contributed by atoms with E-state index in [9.17, 15) is 13.2 Å². The van der Waals surface area contributed by atoms with Crippen LogP contribution in [0.3, 0.4) is 0 Å². The zero-order chi connectivity index (χ0) is 21.6. The van der Waals surface area contributed by atoms with Crippen molar-refractivity contribution in [3.05, 3.63) is 71.3 Å². The second-order valence-electron chi connectivity index (χ2n) is 7.24. The van der Waals surface area contributed by atoms with Crippen LogP contribution in [-0.2, 0) is 14.8 Å². The number of hydrogen-bond acceptors (Lipinski definition) is 4. The monoisotopic (exact) mass is 447 g/mol. The minimum atomic E-state index is -3.78. The molecular formula is C22H26ClN3O3S. The molecule has 1 saturated heterocycles. The molecule has 0 aliphatic carbocycles. The van der Waals surface area contributed by atoms with E-state index in [-0.39, 0.29) is 10.8 Å². The predicted molar refractivity (Wildman–Crippen MR) is 120 cm³/mol. The van der Waals surface area contributed by atoms with Crippen LogP contribution in [0.1, 0.15) is 12.5 Å². The first-order chi connectivity index (χ1) is 14.3. The summed E-state index contributed by atoms with van der Waals surface area (Å²) >= 11 is 5.81. The predicted octanol–water partition coefficient (Wildman–Crippen LogP) is 2.86. The van der Waals surface area contributed by atoms with Crippen molar-refractivity contribution in [3.63, 3.8) is 0 Å². The van der Waals surface area contributed by atoms with Gasteiger partial charge in [0.15, 0.2) is 0 Å². The highest BCUT2D eigenvalue weighted by Crippen LogP contribution is 2.15. The van der Waals surface area contributed by atoms with E-state index in [2.05, 4.69) is 33.9 Å². The van der Waals surface area contributed by atoms with E-state index in [0.717, 1.165) is 25.2 Å². The molecule has 1 atom stereocenters. The first kappa shape index (κ1) is 22.5. The molecule has 2 aromatic rings. The van der Waals surface area contributed by atoms with Gasteiger partial charge in [-0.25, -0.2) is 8.42 Å². The van der Waals surface area contributed by atoms with Gasteiger partial charge in [-0.15, -0.1) is 0 Å². The summed E-state index contributed by atoms with van der Waals surface area (Å²) in [6.45, 7) is 5.04. The molecule has 3 rings (SSSR count). The Labute approximate surface area is 183 Å². The number of hydrogen-bond donors (Lipinski definition) is 1. The highest BCUT2D eigenvalue weighted by Gasteiger charge is 2.28. The molecule has 160 valence electrons. The normalized spacial score (nSPS) is 16.7. The lowest BCUT2D eigenvalue weighted by atomic mass is 10.2. The summed E-state index contributed by atoms with van der Waals surface area (Å²) < 4.78 is 27.4. The largest absolute Gasteiger partial charge is 0.339 e. The molecule has 0 spiro atoms. The number of sulfonamides is 1. The van der Waals surface area contributed by atoms with E-state index in [1.807, 2.05) is 18.2 Å². The molecular weight excluding hydrogens is 422 g/mol. The SMILES string of the molecule is C[C@@H](NS(=O)(=O)c1ccc(Cl)cc1)C(=O)N1CCN(C/C=C/c2ccccc2)CC1. The van der Waals surface area contributed by atoms with Crippen molar-refractivity contribution >= 4 is 33.6 Å². The van der Waals surface area contributed by atoms with E-state index >= 15 is 0 Å².